The molecule has 114 valence electrons. The number of carbonyl (C=O) groups is 1. The summed E-state index contributed by atoms with van der Waals surface area (Å²) in [6.45, 7) is 1.72. The molecule has 0 saturated heterocycles. The fourth-order valence-electron chi connectivity index (χ4n) is 1.59. The van der Waals surface area contributed by atoms with Gasteiger partial charge in [0.2, 0.25) is 0 Å². The summed E-state index contributed by atoms with van der Waals surface area (Å²) < 4.78 is 47.3. The fourth-order valence-corrected chi connectivity index (χ4v) is 2.27. The van der Waals surface area contributed by atoms with Gasteiger partial charge in [0.05, 0.1) is 25.7 Å². The molecule has 0 N–H and O–H groups in total. The van der Waals surface area contributed by atoms with E-state index in [1.807, 2.05) is 6.07 Å². The molecule has 1 rings (SSSR count). The van der Waals surface area contributed by atoms with Gasteiger partial charge in [-0.25, -0.2) is 0 Å². The molecule has 0 aromatic heterocycles. The molecule has 0 unspecified atom stereocenters. The summed E-state index contributed by atoms with van der Waals surface area (Å²) in [6.07, 6.45) is -0.342. The molecule has 0 spiro atoms. The lowest BCUT2D eigenvalue weighted by Gasteiger charge is -2.13. The van der Waals surface area contributed by atoms with E-state index >= 15 is 0 Å². The molecule has 0 aliphatic carbocycles. The molecule has 1 aromatic rings. The van der Waals surface area contributed by atoms with E-state index in [9.17, 15) is 18.0 Å². The number of nitriles is 1. The highest BCUT2D eigenvalue weighted by atomic mass is 32.2. The maximum absolute atomic E-state index is 12.6. The predicted octanol–water partition coefficient (Wildman–Crippen LogP) is 3.28. The van der Waals surface area contributed by atoms with E-state index in [-0.39, 0.29) is 46.6 Å². The van der Waals surface area contributed by atoms with Crippen molar-refractivity contribution < 1.29 is 27.4 Å². The van der Waals surface area contributed by atoms with Crippen molar-refractivity contribution in [2.45, 2.75) is 23.7 Å². The van der Waals surface area contributed by atoms with Crippen molar-refractivity contribution >= 4 is 17.7 Å². The average molecular weight is 319 g/mol. The van der Waals surface area contributed by atoms with Gasteiger partial charge < -0.3 is 9.47 Å². The third kappa shape index (κ3) is 5.19. The molecule has 21 heavy (non-hydrogen) atoms. The van der Waals surface area contributed by atoms with Crippen LogP contribution in [0, 0.1) is 11.3 Å². The smallest absolute Gasteiger partial charge is 0.446 e. The maximum Gasteiger partial charge on any atom is 0.446 e. The van der Waals surface area contributed by atoms with Crippen LogP contribution >= 0.6 is 11.8 Å². The van der Waals surface area contributed by atoms with Crippen LogP contribution in [-0.4, -0.2) is 25.2 Å². The summed E-state index contributed by atoms with van der Waals surface area (Å²) in [6, 6.07) is 4.13. The number of esters is 1. The molecule has 0 aliphatic rings. The Balaban J connectivity index is 3.23. The Morgan fingerprint density at radius 2 is 2.10 bits per heavy atom. The van der Waals surface area contributed by atoms with Crippen molar-refractivity contribution in [3.63, 3.8) is 0 Å². The number of rotatable bonds is 5. The minimum Gasteiger partial charge on any atom is -0.495 e. The Morgan fingerprint density at radius 3 is 2.57 bits per heavy atom. The van der Waals surface area contributed by atoms with Crippen molar-refractivity contribution in [1.82, 2.24) is 0 Å². The lowest BCUT2D eigenvalue weighted by atomic mass is 10.1. The third-order valence-corrected chi connectivity index (χ3v) is 3.20. The van der Waals surface area contributed by atoms with Gasteiger partial charge in [0.15, 0.2) is 0 Å². The number of hydrogen-bond acceptors (Lipinski definition) is 5. The molecule has 0 radical (unpaired) electrons. The molecule has 0 bridgehead atoms. The molecule has 0 atom stereocenters. The van der Waals surface area contributed by atoms with Gasteiger partial charge in [-0.2, -0.15) is 18.4 Å². The Labute approximate surface area is 123 Å². The molecule has 0 amide bonds. The molecule has 0 aliphatic heterocycles. The number of methoxy groups -OCH3 is 1. The molecule has 0 saturated carbocycles. The van der Waals surface area contributed by atoms with Gasteiger partial charge in [-0.3, -0.25) is 4.79 Å². The second-order valence-corrected chi connectivity index (χ2v) is 4.91. The largest absolute Gasteiger partial charge is 0.495 e. The highest BCUT2D eigenvalue weighted by Gasteiger charge is 2.31. The summed E-state index contributed by atoms with van der Waals surface area (Å²) in [5.74, 6) is -0.632. The first kappa shape index (κ1) is 17.2. The number of ether oxygens (including phenoxy) is 2. The van der Waals surface area contributed by atoms with Gasteiger partial charge in [-0.05, 0) is 36.4 Å². The van der Waals surface area contributed by atoms with Gasteiger partial charge in [0.25, 0.3) is 0 Å². The van der Waals surface area contributed by atoms with Gasteiger partial charge in [-0.1, -0.05) is 0 Å². The van der Waals surface area contributed by atoms with Crippen LogP contribution in [0.1, 0.15) is 18.1 Å². The van der Waals surface area contributed by atoms with Crippen LogP contribution in [0.2, 0.25) is 0 Å². The van der Waals surface area contributed by atoms with Crippen molar-refractivity contribution in [3.05, 3.63) is 23.3 Å². The SMILES string of the molecule is CCOC(=O)Cc1cc(C#N)c(OC)cc1SC(F)(F)F. The van der Waals surface area contributed by atoms with Crippen LogP contribution in [-0.2, 0) is 16.0 Å². The predicted molar refractivity (Wildman–Crippen MR) is 70.0 cm³/mol. The summed E-state index contributed by atoms with van der Waals surface area (Å²) in [5, 5.41) is 8.96. The van der Waals surface area contributed by atoms with Gasteiger partial charge in [-0.15, -0.1) is 0 Å². The minimum absolute atomic E-state index is 0.0249. The quantitative estimate of drug-likeness (QED) is 0.616. The van der Waals surface area contributed by atoms with Gasteiger partial charge in [0.1, 0.15) is 11.8 Å². The fraction of sp³-hybridized carbons (Fsp3) is 0.385. The number of alkyl halides is 3. The van der Waals surface area contributed by atoms with E-state index in [2.05, 4.69) is 0 Å². The van der Waals surface area contributed by atoms with E-state index in [4.69, 9.17) is 14.7 Å². The van der Waals surface area contributed by atoms with Crippen LogP contribution in [0.15, 0.2) is 17.0 Å². The summed E-state index contributed by atoms with van der Waals surface area (Å²) >= 11 is -0.361. The zero-order valence-electron chi connectivity index (χ0n) is 11.3. The van der Waals surface area contributed by atoms with Gasteiger partial charge in [0, 0.05) is 4.90 Å². The van der Waals surface area contributed by atoms with Crippen LogP contribution in [0.25, 0.3) is 0 Å². The summed E-state index contributed by atoms with van der Waals surface area (Å²) in [5.41, 5.74) is -4.38. The topological polar surface area (TPSA) is 59.3 Å². The van der Waals surface area contributed by atoms with E-state index in [1.165, 1.54) is 13.2 Å². The second-order valence-electron chi connectivity index (χ2n) is 3.80. The highest BCUT2D eigenvalue weighted by Crippen LogP contribution is 2.41. The first-order valence-electron chi connectivity index (χ1n) is 5.83. The standard InChI is InChI=1S/C13H12F3NO3S/c1-3-20-12(18)5-8-4-9(7-17)10(19-2)6-11(8)21-13(14,15)16/h4,6H,3,5H2,1-2H3. The zero-order chi connectivity index (χ0) is 16.0. The zero-order valence-corrected chi connectivity index (χ0v) is 12.1. The van der Waals surface area contributed by atoms with Crippen molar-refractivity contribution in [3.8, 4) is 11.8 Å². The van der Waals surface area contributed by atoms with Crippen LogP contribution < -0.4 is 4.74 Å². The maximum atomic E-state index is 12.6. The van der Waals surface area contributed by atoms with E-state index in [0.29, 0.717) is 0 Å². The normalized spacial score (nSPS) is 10.9. The molecule has 1 aromatic carbocycles. The highest BCUT2D eigenvalue weighted by molar-refractivity contribution is 8.00. The van der Waals surface area contributed by atoms with Crippen molar-refractivity contribution in [2.24, 2.45) is 0 Å². The molecule has 8 heteroatoms. The number of hydrogen-bond donors (Lipinski definition) is 0. The minimum atomic E-state index is -4.51. The number of halogens is 3. The Kier molecular flexibility index (Phi) is 5.90. The number of benzene rings is 1. The molecule has 0 fully saturated rings. The van der Waals surface area contributed by atoms with Crippen molar-refractivity contribution in [2.75, 3.05) is 13.7 Å². The van der Waals surface area contributed by atoms with Crippen LogP contribution in [0.4, 0.5) is 13.2 Å². The number of thioether (sulfide) groups is 1. The molecular weight excluding hydrogens is 307 g/mol. The number of carbonyl (C=O) groups excluding carboxylic acids is 1. The third-order valence-electron chi connectivity index (χ3n) is 2.37. The lowest BCUT2D eigenvalue weighted by molar-refractivity contribution is -0.142. The van der Waals surface area contributed by atoms with Crippen molar-refractivity contribution in [1.29, 1.82) is 5.26 Å². The Bertz CT molecular complexity index is 567. The average Bonchev–Trinajstić information content (AvgIpc) is 2.38. The van der Waals surface area contributed by atoms with Crippen LogP contribution in [0.5, 0.6) is 5.75 Å². The summed E-state index contributed by atoms with van der Waals surface area (Å²) in [4.78, 5) is 11.3. The molecule has 0 heterocycles. The van der Waals surface area contributed by atoms with E-state index < -0.39 is 11.5 Å². The van der Waals surface area contributed by atoms with Crippen LogP contribution in [0.3, 0.4) is 0 Å². The molecule has 4 nitrogen and oxygen atoms in total. The first-order chi connectivity index (χ1) is 9.80. The lowest BCUT2D eigenvalue weighted by Crippen LogP contribution is -2.10. The van der Waals surface area contributed by atoms with Gasteiger partial charge >= 0.3 is 11.5 Å². The first-order valence-corrected chi connectivity index (χ1v) is 6.64. The second kappa shape index (κ2) is 7.22. The Morgan fingerprint density at radius 1 is 1.43 bits per heavy atom. The monoisotopic (exact) mass is 319 g/mol. The van der Waals surface area contributed by atoms with E-state index in [0.717, 1.165) is 6.07 Å². The number of nitrogens with zero attached hydrogens (tertiary/aromatic N) is 1. The van der Waals surface area contributed by atoms with E-state index in [1.54, 1.807) is 6.92 Å². The summed E-state index contributed by atoms with van der Waals surface area (Å²) in [7, 11) is 1.25. The Hall–Kier alpha value is -1.88. The molecular formula is C13H12F3NO3S.